The van der Waals surface area contributed by atoms with Crippen molar-refractivity contribution < 1.29 is 5.11 Å². The standard InChI is InChI=1S/C6H7N2O/c1-5(9)6-2-3-7-4-8-6/h2-5,9H,1H2. The van der Waals surface area contributed by atoms with Crippen LogP contribution in [0.2, 0.25) is 0 Å². The summed E-state index contributed by atoms with van der Waals surface area (Å²) in [7, 11) is 0. The third kappa shape index (κ3) is 1.47. The molecule has 1 rings (SSSR count). The van der Waals surface area contributed by atoms with Crippen LogP contribution >= 0.6 is 0 Å². The Bertz CT molecular complexity index is 174. The van der Waals surface area contributed by atoms with E-state index in [1.165, 1.54) is 6.33 Å². The van der Waals surface area contributed by atoms with E-state index >= 15 is 0 Å². The lowest BCUT2D eigenvalue weighted by Crippen LogP contribution is -1.94. The molecule has 3 heteroatoms. The van der Waals surface area contributed by atoms with Crippen LogP contribution in [0.25, 0.3) is 0 Å². The zero-order valence-corrected chi connectivity index (χ0v) is 4.86. The summed E-state index contributed by atoms with van der Waals surface area (Å²) in [4.78, 5) is 7.43. The molecule has 0 saturated carbocycles. The highest BCUT2D eigenvalue weighted by Crippen LogP contribution is 2.03. The second kappa shape index (κ2) is 2.55. The summed E-state index contributed by atoms with van der Waals surface area (Å²) in [6, 6.07) is 1.62. The summed E-state index contributed by atoms with van der Waals surface area (Å²) in [5, 5.41) is 8.82. The van der Waals surface area contributed by atoms with Crippen LogP contribution in [0.3, 0.4) is 0 Å². The molecule has 0 saturated heterocycles. The fraction of sp³-hybridized carbons (Fsp3) is 0.167. The van der Waals surface area contributed by atoms with Gasteiger partial charge < -0.3 is 5.11 Å². The van der Waals surface area contributed by atoms with Crippen molar-refractivity contribution in [3.8, 4) is 0 Å². The van der Waals surface area contributed by atoms with E-state index in [9.17, 15) is 0 Å². The molecule has 0 fully saturated rings. The highest BCUT2D eigenvalue weighted by Gasteiger charge is 1.98. The number of nitrogens with zero attached hydrogens (tertiary/aromatic N) is 2. The van der Waals surface area contributed by atoms with Gasteiger partial charge in [-0.3, -0.25) is 0 Å². The number of aliphatic hydroxyl groups is 1. The molecule has 1 heterocycles. The van der Waals surface area contributed by atoms with Gasteiger partial charge in [0.25, 0.3) is 0 Å². The third-order valence-electron chi connectivity index (χ3n) is 0.946. The maximum Gasteiger partial charge on any atom is 0.115 e. The first-order valence-corrected chi connectivity index (χ1v) is 2.58. The Kier molecular flexibility index (Phi) is 1.75. The van der Waals surface area contributed by atoms with Crippen LogP contribution in [0.5, 0.6) is 0 Å². The Balaban J connectivity index is 2.85. The summed E-state index contributed by atoms with van der Waals surface area (Å²) in [6.45, 7) is 3.37. The Morgan fingerprint density at radius 3 is 2.78 bits per heavy atom. The molecule has 9 heavy (non-hydrogen) atoms. The maximum atomic E-state index is 8.82. The second-order valence-electron chi connectivity index (χ2n) is 1.65. The molecule has 0 aliphatic heterocycles. The normalized spacial score (nSPS) is 13.1. The first kappa shape index (κ1) is 6.16. The van der Waals surface area contributed by atoms with Crippen LogP contribution in [-0.2, 0) is 0 Å². The SMILES string of the molecule is [CH2]C(O)c1ccncn1. The van der Waals surface area contributed by atoms with E-state index in [0.717, 1.165) is 0 Å². The average Bonchev–Trinajstić information content (AvgIpc) is 1.90. The first-order chi connectivity index (χ1) is 4.30. The van der Waals surface area contributed by atoms with E-state index < -0.39 is 6.10 Å². The topological polar surface area (TPSA) is 46.0 Å². The van der Waals surface area contributed by atoms with Gasteiger partial charge in [0, 0.05) is 6.20 Å². The van der Waals surface area contributed by atoms with Crippen LogP contribution in [0.15, 0.2) is 18.6 Å². The molecule has 0 aliphatic carbocycles. The van der Waals surface area contributed by atoms with Gasteiger partial charge in [0.1, 0.15) is 6.33 Å². The third-order valence-corrected chi connectivity index (χ3v) is 0.946. The monoisotopic (exact) mass is 123 g/mol. The number of aliphatic hydroxyl groups excluding tert-OH is 1. The van der Waals surface area contributed by atoms with Crippen molar-refractivity contribution in [2.24, 2.45) is 0 Å². The number of rotatable bonds is 1. The van der Waals surface area contributed by atoms with Crippen LogP contribution < -0.4 is 0 Å². The lowest BCUT2D eigenvalue weighted by molar-refractivity contribution is 0.221. The van der Waals surface area contributed by atoms with Crippen LogP contribution in [0.1, 0.15) is 11.8 Å². The number of hydrogen-bond acceptors (Lipinski definition) is 3. The summed E-state index contributed by atoms with van der Waals surface area (Å²) in [6.07, 6.45) is 2.20. The lowest BCUT2D eigenvalue weighted by Gasteiger charge is -1.98. The van der Waals surface area contributed by atoms with E-state index in [0.29, 0.717) is 5.69 Å². The van der Waals surface area contributed by atoms with E-state index in [-0.39, 0.29) is 0 Å². The zero-order chi connectivity index (χ0) is 6.69. The molecule has 0 amide bonds. The van der Waals surface area contributed by atoms with Crippen molar-refractivity contribution in [1.29, 1.82) is 0 Å². The molecule has 1 aromatic heterocycles. The molecule has 1 aromatic rings. The fourth-order valence-corrected chi connectivity index (χ4v) is 0.498. The largest absolute Gasteiger partial charge is 0.387 e. The van der Waals surface area contributed by atoms with Crippen LogP contribution in [0.4, 0.5) is 0 Å². The molecule has 1 atom stereocenters. The molecule has 3 nitrogen and oxygen atoms in total. The lowest BCUT2D eigenvalue weighted by atomic mass is 10.3. The summed E-state index contributed by atoms with van der Waals surface area (Å²) >= 11 is 0. The second-order valence-corrected chi connectivity index (χ2v) is 1.65. The van der Waals surface area contributed by atoms with Gasteiger partial charge in [-0.2, -0.15) is 0 Å². The zero-order valence-electron chi connectivity index (χ0n) is 4.86. The van der Waals surface area contributed by atoms with Crippen LogP contribution in [-0.4, -0.2) is 15.1 Å². The molecule has 0 aromatic carbocycles. The molecule has 0 bridgehead atoms. The van der Waals surface area contributed by atoms with Crippen molar-refractivity contribution in [2.75, 3.05) is 0 Å². The van der Waals surface area contributed by atoms with Gasteiger partial charge in [0.15, 0.2) is 0 Å². The van der Waals surface area contributed by atoms with Gasteiger partial charge >= 0.3 is 0 Å². The Morgan fingerprint density at radius 2 is 2.44 bits per heavy atom. The molecular weight excluding hydrogens is 116 g/mol. The molecule has 1 N–H and O–H groups in total. The van der Waals surface area contributed by atoms with E-state index in [4.69, 9.17) is 5.11 Å². The van der Waals surface area contributed by atoms with E-state index in [1.54, 1.807) is 12.3 Å². The predicted molar refractivity (Wildman–Crippen MR) is 32.3 cm³/mol. The molecule has 0 aliphatic rings. The first-order valence-electron chi connectivity index (χ1n) is 2.58. The minimum absolute atomic E-state index is 0.546. The molecule has 1 unspecified atom stereocenters. The van der Waals surface area contributed by atoms with Gasteiger partial charge in [0.05, 0.1) is 11.8 Å². The van der Waals surface area contributed by atoms with Crippen molar-refractivity contribution in [3.63, 3.8) is 0 Å². The van der Waals surface area contributed by atoms with E-state index in [1.807, 2.05) is 0 Å². The Labute approximate surface area is 53.4 Å². The predicted octanol–water partition coefficient (Wildman–Crippen LogP) is 0.344. The minimum atomic E-state index is -0.743. The summed E-state index contributed by atoms with van der Waals surface area (Å²) < 4.78 is 0. The van der Waals surface area contributed by atoms with Gasteiger partial charge in [-0.25, -0.2) is 9.97 Å². The molecule has 47 valence electrons. The average molecular weight is 123 g/mol. The Morgan fingerprint density at radius 1 is 1.67 bits per heavy atom. The van der Waals surface area contributed by atoms with Gasteiger partial charge in [-0.05, 0) is 13.0 Å². The summed E-state index contributed by atoms with van der Waals surface area (Å²) in [5.74, 6) is 0. The fourth-order valence-electron chi connectivity index (χ4n) is 0.498. The highest BCUT2D eigenvalue weighted by molar-refractivity contribution is 5.02. The molecular formula is C6H7N2O. The Hall–Kier alpha value is -0.960. The highest BCUT2D eigenvalue weighted by atomic mass is 16.3. The van der Waals surface area contributed by atoms with Crippen molar-refractivity contribution in [3.05, 3.63) is 31.2 Å². The maximum absolute atomic E-state index is 8.82. The van der Waals surface area contributed by atoms with Crippen LogP contribution in [0, 0.1) is 6.92 Å². The quantitative estimate of drug-likeness (QED) is 0.585. The van der Waals surface area contributed by atoms with Gasteiger partial charge in [0.2, 0.25) is 0 Å². The molecule has 0 spiro atoms. The minimum Gasteiger partial charge on any atom is -0.387 e. The van der Waals surface area contributed by atoms with E-state index in [2.05, 4.69) is 16.9 Å². The number of hydrogen-bond donors (Lipinski definition) is 1. The smallest absolute Gasteiger partial charge is 0.115 e. The van der Waals surface area contributed by atoms with Crippen molar-refractivity contribution in [1.82, 2.24) is 9.97 Å². The number of aromatic nitrogens is 2. The molecule has 1 radical (unpaired) electrons. The summed E-state index contributed by atoms with van der Waals surface area (Å²) in [5.41, 5.74) is 0.546. The van der Waals surface area contributed by atoms with Gasteiger partial charge in [-0.15, -0.1) is 0 Å². The van der Waals surface area contributed by atoms with Crippen molar-refractivity contribution >= 4 is 0 Å². The van der Waals surface area contributed by atoms with Crippen molar-refractivity contribution in [2.45, 2.75) is 6.10 Å². The van der Waals surface area contributed by atoms with Gasteiger partial charge in [-0.1, -0.05) is 0 Å².